The Morgan fingerprint density at radius 2 is 2.00 bits per heavy atom. The van der Waals surface area contributed by atoms with Crippen LogP contribution in [0.3, 0.4) is 0 Å². The van der Waals surface area contributed by atoms with Gasteiger partial charge in [0, 0.05) is 12.7 Å². The molecule has 184 valence electrons. The van der Waals surface area contributed by atoms with Crippen LogP contribution in [-0.4, -0.2) is 48.6 Å². The highest BCUT2D eigenvalue weighted by atomic mass is 32.2. The van der Waals surface area contributed by atoms with Gasteiger partial charge in [0.2, 0.25) is 0 Å². The number of carboxylic acids is 1. The zero-order valence-corrected chi connectivity index (χ0v) is 20.2. The minimum Gasteiger partial charge on any atom is -0.484 e. The van der Waals surface area contributed by atoms with E-state index in [-0.39, 0.29) is 34.1 Å². The molecule has 3 aromatic rings. The van der Waals surface area contributed by atoms with Crippen LogP contribution in [0.25, 0.3) is 11.8 Å². The number of benzene rings is 2. The van der Waals surface area contributed by atoms with Gasteiger partial charge in [-0.25, -0.2) is 17.6 Å². The van der Waals surface area contributed by atoms with Gasteiger partial charge in [0.05, 0.1) is 22.0 Å². The van der Waals surface area contributed by atoms with Crippen molar-refractivity contribution in [1.29, 1.82) is 0 Å². The van der Waals surface area contributed by atoms with Gasteiger partial charge in [-0.2, -0.15) is 0 Å². The van der Waals surface area contributed by atoms with E-state index in [2.05, 4.69) is 9.62 Å². The van der Waals surface area contributed by atoms with Gasteiger partial charge in [0.15, 0.2) is 5.75 Å². The molecule has 2 heterocycles. The average molecular weight is 500 g/mol. The smallest absolute Gasteiger partial charge is 0.341 e. The average Bonchev–Trinajstić information content (AvgIpc) is 3.30. The lowest BCUT2D eigenvalue weighted by molar-refractivity contribution is 0.0692. The first-order valence-corrected chi connectivity index (χ1v) is 12.6. The number of likely N-dealkylation sites (N-methyl/N-ethyl adjacent to an activating group) is 1. The van der Waals surface area contributed by atoms with Crippen LogP contribution in [0, 0.1) is 5.82 Å². The van der Waals surface area contributed by atoms with E-state index in [1.54, 1.807) is 29.0 Å². The molecule has 0 spiro atoms. The number of nitrogens with one attached hydrogen (secondary N) is 1. The predicted octanol–water partition coefficient (Wildman–Crippen LogP) is 4.36. The summed E-state index contributed by atoms with van der Waals surface area (Å²) in [5.41, 5.74) is 1.06. The first kappa shape index (κ1) is 24.5. The molecule has 0 unspecified atom stereocenters. The van der Waals surface area contributed by atoms with Crippen molar-refractivity contribution in [1.82, 2.24) is 9.47 Å². The number of carbonyl (C=O) groups is 1. The number of anilines is 1. The van der Waals surface area contributed by atoms with E-state index >= 15 is 0 Å². The molecule has 2 aromatic carbocycles. The zero-order valence-electron chi connectivity index (χ0n) is 19.4. The number of hydrogen-bond donors (Lipinski definition) is 2. The molecule has 35 heavy (non-hydrogen) atoms. The van der Waals surface area contributed by atoms with Crippen molar-refractivity contribution in [2.45, 2.75) is 25.3 Å². The Kier molecular flexibility index (Phi) is 6.95. The number of fused-ring (bicyclic) bond motifs is 3. The highest BCUT2D eigenvalue weighted by Crippen LogP contribution is 2.38. The molecule has 0 aliphatic carbocycles. The number of rotatable bonds is 9. The van der Waals surface area contributed by atoms with Crippen LogP contribution in [0.15, 0.2) is 59.6 Å². The Morgan fingerprint density at radius 3 is 2.71 bits per heavy atom. The Balaban J connectivity index is 1.72. The highest BCUT2D eigenvalue weighted by molar-refractivity contribution is 7.92. The Morgan fingerprint density at radius 1 is 1.23 bits per heavy atom. The van der Waals surface area contributed by atoms with E-state index in [4.69, 9.17) is 4.74 Å². The van der Waals surface area contributed by atoms with Gasteiger partial charge in [-0.3, -0.25) is 4.72 Å². The summed E-state index contributed by atoms with van der Waals surface area (Å²) >= 11 is 0. The molecule has 0 amide bonds. The molecule has 0 bridgehead atoms. The largest absolute Gasteiger partial charge is 0.484 e. The van der Waals surface area contributed by atoms with Crippen LogP contribution >= 0.6 is 0 Å². The third kappa shape index (κ3) is 4.94. The van der Waals surface area contributed by atoms with Crippen LogP contribution in [0.4, 0.5) is 10.1 Å². The molecule has 4 rings (SSSR count). The molecule has 1 aliphatic rings. The molecular formula is C25H26FN3O5S. The lowest BCUT2D eigenvalue weighted by atomic mass is 10.1. The van der Waals surface area contributed by atoms with Crippen LogP contribution in [-0.2, 0) is 16.6 Å². The summed E-state index contributed by atoms with van der Waals surface area (Å²) < 4.78 is 50.5. The van der Waals surface area contributed by atoms with Gasteiger partial charge in [0.25, 0.3) is 10.0 Å². The van der Waals surface area contributed by atoms with E-state index in [1.165, 1.54) is 6.07 Å². The third-order valence-electron chi connectivity index (χ3n) is 5.87. The maximum absolute atomic E-state index is 14.0. The summed E-state index contributed by atoms with van der Waals surface area (Å²) in [4.78, 5) is 14.1. The molecule has 1 aliphatic heterocycles. The molecule has 0 saturated carbocycles. The molecule has 0 fully saturated rings. The standard InChI is InChI=1S/C25H26FN3O5S/c1-3-28(4-2)13-5-7-17-15-18(26)9-12-22(17)35(32,33)27-20-10-11-21-24(23(20)25(30)31)34-16-19-8-6-14-29(19)21/h5-12,14-15,27H,3-4,13,16H2,1-2H3,(H,30,31). The van der Waals surface area contributed by atoms with Crippen LogP contribution in [0.5, 0.6) is 5.75 Å². The second-order valence-corrected chi connectivity index (χ2v) is 9.63. The SMILES string of the molecule is CCN(CC)CC=Cc1cc(F)ccc1S(=O)(=O)Nc1ccc2c(c1C(=O)O)OCc1cccn1-2. The van der Waals surface area contributed by atoms with Crippen molar-refractivity contribution in [3.05, 3.63) is 77.4 Å². The highest BCUT2D eigenvalue weighted by Gasteiger charge is 2.28. The summed E-state index contributed by atoms with van der Waals surface area (Å²) in [7, 11) is -4.26. The molecule has 0 radical (unpaired) electrons. The molecular weight excluding hydrogens is 473 g/mol. The van der Waals surface area contributed by atoms with Gasteiger partial charge < -0.3 is 19.3 Å². The van der Waals surface area contributed by atoms with Gasteiger partial charge >= 0.3 is 5.97 Å². The fourth-order valence-electron chi connectivity index (χ4n) is 4.02. The van der Waals surface area contributed by atoms with E-state index in [0.717, 1.165) is 37.0 Å². The number of nitrogens with zero attached hydrogens (tertiary/aromatic N) is 2. The monoisotopic (exact) mass is 499 g/mol. The fraction of sp³-hybridized carbons (Fsp3) is 0.240. The van der Waals surface area contributed by atoms with E-state index in [1.807, 2.05) is 26.0 Å². The van der Waals surface area contributed by atoms with Crippen molar-refractivity contribution in [3.63, 3.8) is 0 Å². The molecule has 1 aromatic heterocycles. The molecule has 10 heteroatoms. The number of aromatic carboxylic acids is 1. The second kappa shape index (κ2) is 9.93. The first-order chi connectivity index (χ1) is 16.7. The van der Waals surface area contributed by atoms with Gasteiger partial charge in [-0.05, 0) is 61.1 Å². The van der Waals surface area contributed by atoms with Gasteiger partial charge in [-0.1, -0.05) is 26.0 Å². The van der Waals surface area contributed by atoms with Crippen molar-refractivity contribution in [2.75, 3.05) is 24.4 Å². The molecule has 0 saturated heterocycles. The topological polar surface area (TPSA) is 101 Å². The van der Waals surface area contributed by atoms with Crippen LogP contribution < -0.4 is 9.46 Å². The Bertz CT molecular complexity index is 1390. The number of hydrogen-bond acceptors (Lipinski definition) is 5. The minimum atomic E-state index is -4.26. The summed E-state index contributed by atoms with van der Waals surface area (Å²) in [5.74, 6) is -1.85. The summed E-state index contributed by atoms with van der Waals surface area (Å²) in [6.45, 7) is 6.38. The number of aromatic nitrogens is 1. The normalized spacial score (nSPS) is 12.9. The van der Waals surface area contributed by atoms with Gasteiger partial charge in [-0.15, -0.1) is 0 Å². The maximum atomic E-state index is 14.0. The summed E-state index contributed by atoms with van der Waals surface area (Å²) in [5, 5.41) is 9.90. The number of halogens is 1. The lowest BCUT2D eigenvalue weighted by Gasteiger charge is -2.24. The van der Waals surface area contributed by atoms with E-state index in [0.29, 0.717) is 12.2 Å². The van der Waals surface area contributed by atoms with Crippen molar-refractivity contribution in [3.8, 4) is 11.4 Å². The minimum absolute atomic E-state index is 0.0693. The fourth-order valence-corrected chi connectivity index (χ4v) is 5.28. The maximum Gasteiger partial charge on any atom is 0.341 e. The number of carboxylic acid groups (broad SMARTS) is 1. The van der Waals surface area contributed by atoms with Crippen molar-refractivity contribution >= 4 is 27.8 Å². The van der Waals surface area contributed by atoms with Crippen molar-refractivity contribution in [2.24, 2.45) is 0 Å². The lowest BCUT2D eigenvalue weighted by Crippen LogP contribution is -2.22. The quantitative estimate of drug-likeness (QED) is 0.454. The van der Waals surface area contributed by atoms with Crippen LogP contribution in [0.1, 0.15) is 35.5 Å². The Hall–Kier alpha value is -3.63. The molecule has 2 N–H and O–H groups in total. The summed E-state index contributed by atoms with van der Waals surface area (Å²) in [6, 6.07) is 10.00. The molecule has 0 atom stereocenters. The first-order valence-electron chi connectivity index (χ1n) is 11.2. The Labute approximate surface area is 203 Å². The van der Waals surface area contributed by atoms with Crippen molar-refractivity contribution < 1.29 is 27.4 Å². The van der Waals surface area contributed by atoms with E-state index in [9.17, 15) is 22.7 Å². The van der Waals surface area contributed by atoms with E-state index < -0.39 is 21.8 Å². The van der Waals surface area contributed by atoms with Gasteiger partial charge in [0.1, 0.15) is 18.0 Å². The zero-order chi connectivity index (χ0) is 25.2. The third-order valence-corrected chi connectivity index (χ3v) is 7.31. The predicted molar refractivity (Wildman–Crippen MR) is 131 cm³/mol. The number of sulfonamides is 1. The molecule has 8 nitrogen and oxygen atoms in total. The summed E-state index contributed by atoms with van der Waals surface area (Å²) in [6.07, 6.45) is 5.10. The number of ether oxygens (including phenoxy) is 1. The van der Waals surface area contributed by atoms with Crippen LogP contribution in [0.2, 0.25) is 0 Å². The second-order valence-electron chi connectivity index (χ2n) is 7.98.